The molecule has 0 aliphatic rings. The van der Waals surface area contributed by atoms with E-state index in [4.69, 9.17) is 0 Å². The number of para-hydroxylation sites is 1. The van der Waals surface area contributed by atoms with Crippen LogP contribution in [-0.4, -0.2) is 22.0 Å². The molecule has 1 heterocycles. The molecule has 0 fully saturated rings. The van der Waals surface area contributed by atoms with Gasteiger partial charge in [0.25, 0.3) is 5.56 Å². The molecule has 0 spiro atoms. The van der Waals surface area contributed by atoms with Crippen LogP contribution < -0.4 is 16.1 Å². The number of aldehydes is 1. The van der Waals surface area contributed by atoms with E-state index in [2.05, 4.69) is 6.58 Å². The van der Waals surface area contributed by atoms with E-state index in [-0.39, 0.29) is 11.4 Å². The largest absolute Gasteiger partial charge is 0.332 e. The normalized spacial score (nSPS) is 10.3. The first-order chi connectivity index (χ1) is 10.5. The lowest BCUT2D eigenvalue weighted by molar-refractivity contribution is 0.112. The van der Waals surface area contributed by atoms with E-state index in [1.54, 1.807) is 11.0 Å². The SMILES string of the molecule is C=CCN(c1ccccc1)c1c(C=O)c(=O)n(C)c(=O)n1C. The van der Waals surface area contributed by atoms with E-state index >= 15 is 0 Å². The number of carbonyl (C=O) groups excluding carboxylic acids is 1. The van der Waals surface area contributed by atoms with E-state index in [0.717, 1.165) is 10.3 Å². The average Bonchev–Trinajstić information content (AvgIpc) is 2.55. The van der Waals surface area contributed by atoms with Crippen LogP contribution in [0.15, 0.2) is 52.6 Å². The van der Waals surface area contributed by atoms with E-state index in [9.17, 15) is 14.4 Å². The van der Waals surface area contributed by atoms with Gasteiger partial charge in [0.1, 0.15) is 11.4 Å². The van der Waals surface area contributed by atoms with E-state index in [1.165, 1.54) is 18.7 Å². The van der Waals surface area contributed by atoms with Crippen molar-refractivity contribution < 1.29 is 4.79 Å². The Labute approximate surface area is 127 Å². The molecule has 0 radical (unpaired) electrons. The Morgan fingerprint density at radius 3 is 2.32 bits per heavy atom. The summed E-state index contributed by atoms with van der Waals surface area (Å²) in [5.41, 5.74) is -0.405. The molecule has 0 aliphatic heterocycles. The molecule has 1 aromatic carbocycles. The Morgan fingerprint density at radius 2 is 1.77 bits per heavy atom. The monoisotopic (exact) mass is 299 g/mol. The molecule has 114 valence electrons. The lowest BCUT2D eigenvalue weighted by Gasteiger charge is -2.26. The Balaban J connectivity index is 2.83. The first-order valence-electron chi connectivity index (χ1n) is 6.71. The second kappa shape index (κ2) is 6.26. The average molecular weight is 299 g/mol. The molecule has 0 amide bonds. The fourth-order valence-corrected chi connectivity index (χ4v) is 2.34. The molecular weight excluding hydrogens is 282 g/mol. The third-order valence-electron chi connectivity index (χ3n) is 3.42. The van der Waals surface area contributed by atoms with Gasteiger partial charge in [-0.25, -0.2) is 4.79 Å². The summed E-state index contributed by atoms with van der Waals surface area (Å²) >= 11 is 0. The molecule has 0 N–H and O–H groups in total. The van der Waals surface area contributed by atoms with E-state index in [0.29, 0.717) is 12.8 Å². The van der Waals surface area contributed by atoms with Gasteiger partial charge >= 0.3 is 5.69 Å². The molecule has 0 unspecified atom stereocenters. The maximum absolute atomic E-state index is 12.2. The first kappa shape index (κ1) is 15.5. The third kappa shape index (κ3) is 2.50. The van der Waals surface area contributed by atoms with Crippen molar-refractivity contribution in [1.29, 1.82) is 0 Å². The van der Waals surface area contributed by atoms with Crippen LogP contribution in [0.5, 0.6) is 0 Å². The van der Waals surface area contributed by atoms with Crippen LogP contribution in [0, 0.1) is 0 Å². The molecule has 1 aromatic heterocycles. The Hall–Kier alpha value is -2.89. The van der Waals surface area contributed by atoms with Crippen molar-refractivity contribution in [2.24, 2.45) is 14.1 Å². The Bertz CT molecular complexity index is 819. The molecule has 0 saturated carbocycles. The third-order valence-corrected chi connectivity index (χ3v) is 3.42. The Kier molecular flexibility index (Phi) is 4.41. The van der Waals surface area contributed by atoms with Gasteiger partial charge in [-0.1, -0.05) is 24.3 Å². The topological polar surface area (TPSA) is 64.3 Å². The van der Waals surface area contributed by atoms with Crippen LogP contribution in [0.4, 0.5) is 11.5 Å². The maximum atomic E-state index is 12.2. The van der Waals surface area contributed by atoms with Crippen molar-refractivity contribution in [2.45, 2.75) is 0 Å². The van der Waals surface area contributed by atoms with Crippen molar-refractivity contribution >= 4 is 17.8 Å². The fourth-order valence-electron chi connectivity index (χ4n) is 2.34. The molecule has 0 atom stereocenters. The number of hydrogen-bond acceptors (Lipinski definition) is 4. The van der Waals surface area contributed by atoms with E-state index < -0.39 is 11.2 Å². The minimum absolute atomic E-state index is 0.0599. The number of rotatable bonds is 5. The zero-order valence-corrected chi connectivity index (χ0v) is 12.5. The zero-order chi connectivity index (χ0) is 16.3. The molecular formula is C16H17N3O3. The number of hydrogen-bond donors (Lipinski definition) is 0. The summed E-state index contributed by atoms with van der Waals surface area (Å²) in [4.78, 5) is 37.5. The van der Waals surface area contributed by atoms with Crippen molar-refractivity contribution in [3.05, 3.63) is 69.4 Å². The Morgan fingerprint density at radius 1 is 1.14 bits per heavy atom. The number of benzene rings is 1. The van der Waals surface area contributed by atoms with Gasteiger partial charge in [0.2, 0.25) is 0 Å². The van der Waals surface area contributed by atoms with Crippen LogP contribution in [-0.2, 0) is 14.1 Å². The second-order valence-electron chi connectivity index (χ2n) is 4.80. The summed E-state index contributed by atoms with van der Waals surface area (Å²) in [5.74, 6) is 0.259. The molecule has 2 aromatic rings. The fraction of sp³-hybridized carbons (Fsp3) is 0.188. The number of nitrogens with zero attached hydrogens (tertiary/aromatic N) is 3. The van der Waals surface area contributed by atoms with Gasteiger partial charge in [0.05, 0.1) is 0 Å². The predicted octanol–water partition coefficient (Wildman–Crippen LogP) is 1.22. The van der Waals surface area contributed by atoms with E-state index in [1.807, 2.05) is 30.3 Å². The van der Waals surface area contributed by atoms with Crippen molar-refractivity contribution in [3.8, 4) is 0 Å². The van der Waals surface area contributed by atoms with Gasteiger partial charge in [0.15, 0.2) is 6.29 Å². The summed E-state index contributed by atoms with van der Waals surface area (Å²) in [7, 11) is 2.88. The molecule has 22 heavy (non-hydrogen) atoms. The summed E-state index contributed by atoms with van der Waals surface area (Å²) in [5, 5.41) is 0. The highest BCUT2D eigenvalue weighted by Crippen LogP contribution is 2.24. The second-order valence-corrected chi connectivity index (χ2v) is 4.80. The highest BCUT2D eigenvalue weighted by atomic mass is 16.2. The van der Waals surface area contributed by atoms with Gasteiger partial charge in [0, 0.05) is 26.3 Å². The van der Waals surface area contributed by atoms with Crippen LogP contribution in [0.25, 0.3) is 0 Å². The number of anilines is 2. The molecule has 2 rings (SSSR count). The maximum Gasteiger partial charge on any atom is 0.332 e. The standard InChI is InChI=1S/C16H17N3O3/c1-4-10-19(12-8-6-5-7-9-12)14-13(11-20)15(21)18(3)16(22)17(14)2/h4-9,11H,1,10H2,2-3H3. The molecule has 0 aliphatic carbocycles. The molecule has 0 bridgehead atoms. The molecule has 6 nitrogen and oxygen atoms in total. The van der Waals surface area contributed by atoms with Crippen LogP contribution in [0.2, 0.25) is 0 Å². The highest BCUT2D eigenvalue weighted by Gasteiger charge is 2.21. The highest BCUT2D eigenvalue weighted by molar-refractivity contribution is 5.84. The van der Waals surface area contributed by atoms with Crippen LogP contribution in [0.3, 0.4) is 0 Å². The summed E-state index contributed by atoms with van der Waals surface area (Å²) in [6.45, 7) is 4.05. The van der Waals surface area contributed by atoms with Crippen molar-refractivity contribution in [3.63, 3.8) is 0 Å². The predicted molar refractivity (Wildman–Crippen MR) is 86.0 cm³/mol. The van der Waals surface area contributed by atoms with Gasteiger partial charge < -0.3 is 4.90 Å². The quantitative estimate of drug-likeness (QED) is 0.615. The zero-order valence-electron chi connectivity index (χ0n) is 12.5. The summed E-state index contributed by atoms with van der Waals surface area (Å²) in [6.07, 6.45) is 2.12. The minimum atomic E-state index is -0.613. The summed E-state index contributed by atoms with van der Waals surface area (Å²) < 4.78 is 2.21. The van der Waals surface area contributed by atoms with Gasteiger partial charge in [-0.05, 0) is 12.1 Å². The van der Waals surface area contributed by atoms with Gasteiger partial charge in [-0.2, -0.15) is 0 Å². The lowest BCUT2D eigenvalue weighted by Crippen LogP contribution is -2.42. The van der Waals surface area contributed by atoms with Crippen molar-refractivity contribution in [2.75, 3.05) is 11.4 Å². The van der Waals surface area contributed by atoms with Gasteiger partial charge in [-0.15, -0.1) is 6.58 Å². The lowest BCUT2D eigenvalue weighted by atomic mass is 10.2. The minimum Gasteiger partial charge on any atom is -0.323 e. The van der Waals surface area contributed by atoms with Crippen LogP contribution in [0.1, 0.15) is 10.4 Å². The molecule has 0 saturated heterocycles. The number of carbonyl (C=O) groups is 1. The first-order valence-corrected chi connectivity index (χ1v) is 6.71. The van der Waals surface area contributed by atoms with Crippen LogP contribution >= 0.6 is 0 Å². The number of aromatic nitrogens is 2. The molecule has 6 heteroatoms. The van der Waals surface area contributed by atoms with Gasteiger partial charge in [-0.3, -0.25) is 18.7 Å². The summed E-state index contributed by atoms with van der Waals surface area (Å²) in [6, 6.07) is 9.20. The smallest absolute Gasteiger partial charge is 0.323 e. The van der Waals surface area contributed by atoms with Crippen molar-refractivity contribution in [1.82, 2.24) is 9.13 Å².